The number of nitrogens with two attached hydrogens (primary N) is 1. The van der Waals surface area contributed by atoms with E-state index in [4.69, 9.17) is 22.1 Å². The molecule has 0 spiro atoms. The maximum absolute atomic E-state index is 6.14. The Morgan fingerprint density at radius 1 is 1.35 bits per heavy atom. The van der Waals surface area contributed by atoms with Crippen LogP contribution in [-0.4, -0.2) is 13.2 Å². The van der Waals surface area contributed by atoms with Crippen molar-refractivity contribution in [1.29, 1.82) is 0 Å². The summed E-state index contributed by atoms with van der Waals surface area (Å²) >= 11 is 6.14. The first-order chi connectivity index (χ1) is 8.31. The van der Waals surface area contributed by atoms with E-state index in [2.05, 4.69) is 0 Å². The van der Waals surface area contributed by atoms with Crippen molar-refractivity contribution in [3.63, 3.8) is 0 Å². The Bertz CT molecular complexity index is 352. The van der Waals surface area contributed by atoms with Crippen LogP contribution in [0.25, 0.3) is 0 Å². The first kappa shape index (κ1) is 12.9. The van der Waals surface area contributed by atoms with Gasteiger partial charge in [-0.1, -0.05) is 49.1 Å². The normalized spacial score (nSPS) is 17.8. The fraction of sp³-hybridized carbons (Fsp3) is 0.571. The molecule has 1 fully saturated rings. The molecule has 0 radical (unpaired) electrons. The van der Waals surface area contributed by atoms with Gasteiger partial charge in [-0.2, -0.15) is 0 Å². The molecule has 1 unspecified atom stereocenters. The van der Waals surface area contributed by atoms with Gasteiger partial charge in [-0.3, -0.25) is 0 Å². The number of rotatable bonds is 6. The van der Waals surface area contributed by atoms with Gasteiger partial charge in [0, 0.05) is 23.7 Å². The summed E-state index contributed by atoms with van der Waals surface area (Å²) in [5, 5.41) is 0.742. The second-order valence-corrected chi connectivity index (χ2v) is 5.11. The van der Waals surface area contributed by atoms with E-state index < -0.39 is 0 Å². The zero-order valence-corrected chi connectivity index (χ0v) is 10.8. The molecule has 3 heteroatoms. The van der Waals surface area contributed by atoms with Gasteiger partial charge in [-0.25, -0.2) is 0 Å². The molecule has 0 heterocycles. The second kappa shape index (κ2) is 6.39. The number of ether oxygens (including phenoxy) is 1. The summed E-state index contributed by atoms with van der Waals surface area (Å²) in [5.41, 5.74) is 6.76. The van der Waals surface area contributed by atoms with Crippen molar-refractivity contribution in [3.05, 3.63) is 34.9 Å². The molecule has 1 aliphatic carbocycles. The molecule has 2 N–H and O–H groups in total. The van der Waals surface area contributed by atoms with Gasteiger partial charge in [-0.05, 0) is 18.4 Å². The summed E-state index contributed by atoms with van der Waals surface area (Å²) < 4.78 is 5.86. The van der Waals surface area contributed by atoms with Crippen LogP contribution in [0.5, 0.6) is 0 Å². The van der Waals surface area contributed by atoms with E-state index in [-0.39, 0.29) is 6.10 Å². The number of hydrogen-bond acceptors (Lipinski definition) is 2. The van der Waals surface area contributed by atoms with Crippen LogP contribution in [0.4, 0.5) is 0 Å². The monoisotopic (exact) mass is 253 g/mol. The second-order valence-electron chi connectivity index (χ2n) is 4.70. The van der Waals surface area contributed by atoms with Crippen LogP contribution >= 0.6 is 11.6 Å². The lowest BCUT2D eigenvalue weighted by atomic mass is 9.83. The summed E-state index contributed by atoms with van der Waals surface area (Å²) in [5.74, 6) is 0.875. The Morgan fingerprint density at radius 3 is 2.71 bits per heavy atom. The molecule has 0 aliphatic heterocycles. The van der Waals surface area contributed by atoms with Crippen molar-refractivity contribution in [2.75, 3.05) is 13.2 Å². The van der Waals surface area contributed by atoms with E-state index in [0.29, 0.717) is 6.54 Å². The Kier molecular flexibility index (Phi) is 4.84. The van der Waals surface area contributed by atoms with Crippen LogP contribution < -0.4 is 5.73 Å². The van der Waals surface area contributed by atoms with Gasteiger partial charge in [0.05, 0.1) is 6.10 Å². The fourth-order valence-electron chi connectivity index (χ4n) is 2.18. The highest BCUT2D eigenvalue weighted by atomic mass is 35.5. The Hall–Kier alpha value is -0.570. The van der Waals surface area contributed by atoms with E-state index in [1.807, 2.05) is 24.3 Å². The molecule has 0 saturated heterocycles. The molecule has 2 rings (SSSR count). The predicted octanol–water partition coefficient (Wildman–Crippen LogP) is 3.55. The molecule has 1 atom stereocenters. The van der Waals surface area contributed by atoms with E-state index in [1.54, 1.807) is 0 Å². The molecule has 0 aromatic heterocycles. The molecule has 0 amide bonds. The lowest BCUT2D eigenvalue weighted by Crippen LogP contribution is -2.19. The van der Waals surface area contributed by atoms with Crippen molar-refractivity contribution in [3.8, 4) is 0 Å². The van der Waals surface area contributed by atoms with Crippen molar-refractivity contribution >= 4 is 11.6 Å². The largest absolute Gasteiger partial charge is 0.372 e. The Labute approximate surface area is 108 Å². The fourth-order valence-corrected chi connectivity index (χ4v) is 2.44. The third-order valence-electron chi connectivity index (χ3n) is 3.54. The quantitative estimate of drug-likeness (QED) is 0.842. The van der Waals surface area contributed by atoms with Gasteiger partial charge < -0.3 is 10.5 Å². The van der Waals surface area contributed by atoms with Gasteiger partial charge in [0.1, 0.15) is 0 Å². The minimum atomic E-state index is -0.0659. The van der Waals surface area contributed by atoms with Crippen molar-refractivity contribution in [2.45, 2.75) is 31.8 Å². The molecular formula is C14H20ClNO. The molecule has 1 saturated carbocycles. The van der Waals surface area contributed by atoms with Crippen molar-refractivity contribution in [2.24, 2.45) is 11.7 Å². The van der Waals surface area contributed by atoms with Gasteiger partial charge in [0.2, 0.25) is 0 Å². The van der Waals surface area contributed by atoms with Crippen LogP contribution in [0.15, 0.2) is 24.3 Å². The minimum Gasteiger partial charge on any atom is -0.372 e. The minimum absolute atomic E-state index is 0.0659. The van der Waals surface area contributed by atoms with Crippen molar-refractivity contribution in [1.82, 2.24) is 0 Å². The first-order valence-corrected chi connectivity index (χ1v) is 6.75. The molecule has 2 nitrogen and oxygen atoms in total. The van der Waals surface area contributed by atoms with Crippen LogP contribution in [0.3, 0.4) is 0 Å². The number of hydrogen-bond donors (Lipinski definition) is 1. The third-order valence-corrected chi connectivity index (χ3v) is 3.88. The van der Waals surface area contributed by atoms with Crippen molar-refractivity contribution < 1.29 is 4.74 Å². The summed E-state index contributed by atoms with van der Waals surface area (Å²) in [6, 6.07) is 7.77. The van der Waals surface area contributed by atoms with Crippen LogP contribution in [0, 0.1) is 5.92 Å². The molecule has 17 heavy (non-hydrogen) atoms. The molecule has 1 aliphatic rings. The Morgan fingerprint density at radius 2 is 2.12 bits per heavy atom. The number of halogens is 1. The highest BCUT2D eigenvalue weighted by Crippen LogP contribution is 2.30. The molecule has 1 aromatic carbocycles. The van der Waals surface area contributed by atoms with Gasteiger partial charge in [0.15, 0.2) is 0 Å². The summed E-state index contributed by atoms with van der Waals surface area (Å²) in [6.45, 7) is 1.27. The summed E-state index contributed by atoms with van der Waals surface area (Å²) in [4.78, 5) is 0. The molecular weight excluding hydrogens is 234 g/mol. The molecule has 1 aromatic rings. The lowest BCUT2D eigenvalue weighted by Gasteiger charge is -2.26. The highest BCUT2D eigenvalue weighted by molar-refractivity contribution is 6.31. The van der Waals surface area contributed by atoms with E-state index in [1.165, 1.54) is 19.3 Å². The Balaban J connectivity index is 1.85. The first-order valence-electron chi connectivity index (χ1n) is 6.37. The summed E-state index contributed by atoms with van der Waals surface area (Å²) in [7, 11) is 0. The smallest absolute Gasteiger partial charge is 0.0961 e. The van der Waals surface area contributed by atoms with E-state index in [0.717, 1.165) is 29.5 Å². The predicted molar refractivity (Wildman–Crippen MR) is 71.2 cm³/mol. The average molecular weight is 254 g/mol. The standard InChI is InChI=1S/C14H20ClNO/c15-13-7-2-1-6-12(13)14(10-16)17-9-8-11-4-3-5-11/h1-2,6-7,11,14H,3-5,8-10,16H2. The highest BCUT2D eigenvalue weighted by Gasteiger charge is 2.18. The molecule has 0 bridgehead atoms. The van der Waals surface area contributed by atoms with Crippen LogP contribution in [0.1, 0.15) is 37.4 Å². The van der Waals surface area contributed by atoms with E-state index >= 15 is 0 Å². The van der Waals surface area contributed by atoms with Gasteiger partial charge in [0.25, 0.3) is 0 Å². The summed E-state index contributed by atoms with van der Waals surface area (Å²) in [6.07, 6.45) is 5.20. The van der Waals surface area contributed by atoms with Gasteiger partial charge >= 0.3 is 0 Å². The zero-order valence-electron chi connectivity index (χ0n) is 10.1. The van der Waals surface area contributed by atoms with Crippen LogP contribution in [0.2, 0.25) is 5.02 Å². The maximum atomic E-state index is 6.14. The SMILES string of the molecule is NCC(OCCC1CCC1)c1ccccc1Cl. The average Bonchev–Trinajstić information content (AvgIpc) is 2.28. The molecule has 94 valence electrons. The van der Waals surface area contributed by atoms with Gasteiger partial charge in [-0.15, -0.1) is 0 Å². The maximum Gasteiger partial charge on any atom is 0.0961 e. The zero-order chi connectivity index (χ0) is 12.1. The lowest BCUT2D eigenvalue weighted by molar-refractivity contribution is 0.0424. The van der Waals surface area contributed by atoms with Crippen LogP contribution in [-0.2, 0) is 4.74 Å². The number of benzene rings is 1. The third kappa shape index (κ3) is 3.44. The van der Waals surface area contributed by atoms with E-state index in [9.17, 15) is 0 Å². The topological polar surface area (TPSA) is 35.2 Å².